The van der Waals surface area contributed by atoms with E-state index >= 15 is 0 Å². The molecule has 0 saturated heterocycles. The SMILES string of the molecule is C=C[CH2][Ru]([Br])([CH]=O)([CH]=O)[CH]=O. The quantitative estimate of drug-likeness (QED) is 0.435. The van der Waals surface area contributed by atoms with Crippen LogP contribution in [0.4, 0.5) is 0 Å². The van der Waals surface area contributed by atoms with Gasteiger partial charge in [0.2, 0.25) is 0 Å². The number of allylic oxidation sites excluding steroid dienone is 1. The van der Waals surface area contributed by atoms with E-state index in [-0.39, 0.29) is 5.02 Å². The Morgan fingerprint density at radius 1 is 1.18 bits per heavy atom. The number of halogens is 1. The van der Waals surface area contributed by atoms with Crippen molar-refractivity contribution in [2.75, 3.05) is 0 Å². The van der Waals surface area contributed by atoms with E-state index in [4.69, 9.17) is 0 Å². The standard InChI is InChI=1S/C3H5.3CHO.BrH.Ru/c1-3-2;3*1-2;;/h3H,1-2H2;3*1H;1H;/q;;;;;+1/p-1. The molecule has 0 rings (SSSR count). The first-order chi connectivity index (χ1) is 5.04. The Hall–Kier alpha value is -0.147. The Bertz CT molecular complexity index is 189. The number of rotatable bonds is 5. The molecule has 0 aromatic heterocycles. The predicted octanol–water partition coefficient (Wildman–Crippen LogP) is 1.16. The number of carbonyl (C=O) groups excluding carboxylic acids is 3. The van der Waals surface area contributed by atoms with Crippen molar-refractivity contribution in [1.82, 2.24) is 0 Å². The van der Waals surface area contributed by atoms with Crippen LogP contribution in [0.2, 0.25) is 5.02 Å². The molecule has 0 unspecified atom stereocenters. The summed E-state index contributed by atoms with van der Waals surface area (Å²) in [5.74, 6) is 0. The molecule has 0 atom stereocenters. The average molecular weight is 309 g/mol. The summed E-state index contributed by atoms with van der Waals surface area (Å²) in [6, 6.07) is 0. The predicted molar refractivity (Wildman–Crippen MR) is 44.2 cm³/mol. The topological polar surface area (TPSA) is 51.2 Å². The van der Waals surface area contributed by atoms with Crippen LogP contribution in [0.15, 0.2) is 12.7 Å². The number of carbonyl (C=O) groups is 3. The molecule has 11 heavy (non-hydrogen) atoms. The van der Waals surface area contributed by atoms with Crippen molar-refractivity contribution in [2.45, 2.75) is 5.02 Å². The van der Waals surface area contributed by atoms with Crippen molar-refractivity contribution in [1.29, 1.82) is 0 Å². The Balaban J connectivity index is 5.02. The van der Waals surface area contributed by atoms with Crippen LogP contribution in [-0.4, -0.2) is 14.6 Å². The third kappa shape index (κ3) is 2.14. The molecule has 65 valence electrons. The van der Waals surface area contributed by atoms with E-state index in [1.807, 2.05) is 0 Å². The Morgan fingerprint density at radius 3 is 1.64 bits per heavy atom. The van der Waals surface area contributed by atoms with Crippen LogP contribution in [0.25, 0.3) is 0 Å². The summed E-state index contributed by atoms with van der Waals surface area (Å²) in [6.45, 7) is 3.37. The average Bonchev–Trinajstić information content (AvgIpc) is 2.06. The van der Waals surface area contributed by atoms with Crippen molar-refractivity contribution in [3.8, 4) is 0 Å². The molecule has 0 fully saturated rings. The van der Waals surface area contributed by atoms with Crippen molar-refractivity contribution in [3.63, 3.8) is 0 Å². The molecule has 5 heteroatoms. The van der Waals surface area contributed by atoms with Crippen molar-refractivity contribution < 1.29 is 26.0 Å². The summed E-state index contributed by atoms with van der Waals surface area (Å²) in [5.41, 5.74) is 0. The summed E-state index contributed by atoms with van der Waals surface area (Å²) in [7, 11) is 0. The van der Waals surface area contributed by atoms with E-state index in [1.165, 1.54) is 6.08 Å². The van der Waals surface area contributed by atoms with Crippen LogP contribution in [0.5, 0.6) is 0 Å². The molecule has 0 saturated carbocycles. The molecule has 0 aliphatic heterocycles. The minimum atomic E-state index is -4.05. The number of hydrogen-bond donors (Lipinski definition) is 0. The van der Waals surface area contributed by atoms with Gasteiger partial charge in [-0.15, -0.1) is 0 Å². The summed E-state index contributed by atoms with van der Waals surface area (Å²) < 4.78 is 0. The van der Waals surface area contributed by atoms with Gasteiger partial charge in [0.15, 0.2) is 0 Å². The summed E-state index contributed by atoms with van der Waals surface area (Å²) in [6.07, 6.45) is 1.40. The van der Waals surface area contributed by atoms with Gasteiger partial charge in [0.1, 0.15) is 0 Å². The van der Waals surface area contributed by atoms with Crippen LogP contribution in [-0.2, 0) is 26.0 Å². The first-order valence-electron chi connectivity index (χ1n) is 2.52. The van der Waals surface area contributed by atoms with Gasteiger partial charge < -0.3 is 0 Å². The minimum absolute atomic E-state index is 0.133. The first-order valence-corrected chi connectivity index (χ1v) is 10.7. The van der Waals surface area contributed by atoms with Crippen LogP contribution < -0.4 is 0 Å². The maximum atomic E-state index is 10.5. The van der Waals surface area contributed by atoms with Crippen LogP contribution in [0.3, 0.4) is 0 Å². The van der Waals surface area contributed by atoms with E-state index in [0.717, 1.165) is 0 Å². The Labute approximate surface area is 71.9 Å². The second kappa shape index (κ2) is 3.50. The van der Waals surface area contributed by atoms with Crippen molar-refractivity contribution in [2.24, 2.45) is 0 Å². The van der Waals surface area contributed by atoms with Gasteiger partial charge in [-0.3, -0.25) is 0 Å². The molecule has 0 bridgehead atoms. The van der Waals surface area contributed by atoms with Gasteiger partial charge in [-0.05, 0) is 0 Å². The molecule has 0 aromatic carbocycles. The molecular weight excluding hydrogens is 301 g/mol. The normalized spacial score (nSPS) is 14.1. The second-order valence-corrected chi connectivity index (χ2v) is 17.3. The fourth-order valence-electron chi connectivity index (χ4n) is 0.376. The zero-order valence-electron chi connectivity index (χ0n) is 5.68. The first kappa shape index (κ1) is 10.9. The van der Waals surface area contributed by atoms with Crippen molar-refractivity contribution >= 4 is 28.3 Å². The Kier molecular flexibility index (Phi) is 3.45. The molecule has 0 aromatic rings. The summed E-state index contributed by atoms with van der Waals surface area (Å²) in [5, 5.41) is 0.133. The molecule has 0 heterocycles. The van der Waals surface area contributed by atoms with Gasteiger partial charge in [-0.2, -0.15) is 0 Å². The zero-order chi connectivity index (χ0) is 8.98. The zero-order valence-corrected chi connectivity index (χ0v) is 9.00. The van der Waals surface area contributed by atoms with Gasteiger partial charge in [0, 0.05) is 0 Å². The van der Waals surface area contributed by atoms with Gasteiger partial charge >= 0.3 is 72.0 Å². The van der Waals surface area contributed by atoms with Gasteiger partial charge in [0.25, 0.3) is 0 Å². The third-order valence-electron chi connectivity index (χ3n) is 0.967. The fourth-order valence-corrected chi connectivity index (χ4v) is 3.18. The molecule has 0 aliphatic rings. The maximum absolute atomic E-state index is 10.5. The summed E-state index contributed by atoms with van der Waals surface area (Å²) >= 11 is -1.10. The van der Waals surface area contributed by atoms with E-state index in [0.29, 0.717) is 14.6 Å². The number of hydrogen-bond acceptors (Lipinski definition) is 3. The monoisotopic (exact) mass is 309 g/mol. The molecule has 0 aliphatic carbocycles. The van der Waals surface area contributed by atoms with Crippen LogP contribution in [0, 0.1) is 0 Å². The molecule has 0 N–H and O–H groups in total. The molecule has 3 nitrogen and oxygen atoms in total. The Morgan fingerprint density at radius 2 is 1.55 bits per heavy atom. The van der Waals surface area contributed by atoms with Crippen LogP contribution in [0.1, 0.15) is 0 Å². The van der Waals surface area contributed by atoms with Gasteiger partial charge in [0.05, 0.1) is 0 Å². The fraction of sp³-hybridized carbons (Fsp3) is 0.167. The van der Waals surface area contributed by atoms with Gasteiger partial charge in [-0.25, -0.2) is 0 Å². The van der Waals surface area contributed by atoms with E-state index in [1.54, 1.807) is 0 Å². The molecular formula is C6H8BrO3Ru. The van der Waals surface area contributed by atoms with Crippen molar-refractivity contribution in [3.05, 3.63) is 12.7 Å². The van der Waals surface area contributed by atoms with Crippen LogP contribution >= 0.6 is 13.6 Å². The summed E-state index contributed by atoms with van der Waals surface area (Å²) in [4.78, 5) is 32.9. The van der Waals surface area contributed by atoms with E-state index in [2.05, 4.69) is 20.2 Å². The van der Waals surface area contributed by atoms with Gasteiger partial charge in [-0.1, -0.05) is 0 Å². The molecule has 0 amide bonds. The molecule has 0 spiro atoms. The van der Waals surface area contributed by atoms with E-state index in [9.17, 15) is 14.4 Å². The second-order valence-electron chi connectivity index (χ2n) is 1.80. The van der Waals surface area contributed by atoms with E-state index < -0.39 is 11.6 Å². The third-order valence-corrected chi connectivity index (χ3v) is 9.42. The molecule has 0 radical (unpaired) electrons.